The third kappa shape index (κ3) is 7.64. The lowest BCUT2D eigenvalue weighted by Gasteiger charge is -2.14. The molecule has 1 aromatic rings. The molecule has 0 saturated carbocycles. The molecule has 0 fully saturated rings. The van der Waals surface area contributed by atoms with Crippen LogP contribution in [0.5, 0.6) is 5.75 Å². The topological polar surface area (TPSA) is 61.5 Å². The van der Waals surface area contributed by atoms with Crippen LogP contribution in [0.3, 0.4) is 0 Å². The summed E-state index contributed by atoms with van der Waals surface area (Å²) in [7, 11) is 1.60. The Labute approximate surface area is 144 Å². The number of ether oxygens (including phenoxy) is 2. The van der Waals surface area contributed by atoms with Gasteiger partial charge in [0.2, 0.25) is 0 Å². The zero-order valence-corrected chi connectivity index (χ0v) is 15.3. The van der Waals surface area contributed by atoms with E-state index in [1.807, 2.05) is 18.2 Å². The van der Waals surface area contributed by atoms with Crippen LogP contribution in [-0.2, 0) is 9.53 Å². The van der Waals surface area contributed by atoms with E-state index in [9.17, 15) is 4.79 Å². The average Bonchev–Trinajstić information content (AvgIpc) is 2.55. The van der Waals surface area contributed by atoms with Gasteiger partial charge < -0.3 is 15.2 Å². The molecule has 5 heteroatoms. The van der Waals surface area contributed by atoms with Crippen LogP contribution >= 0.6 is 11.8 Å². The van der Waals surface area contributed by atoms with Crippen molar-refractivity contribution in [3.63, 3.8) is 0 Å². The number of thioether (sulfide) groups is 1. The van der Waals surface area contributed by atoms with Gasteiger partial charge in [-0.3, -0.25) is 4.79 Å². The summed E-state index contributed by atoms with van der Waals surface area (Å²) in [5, 5.41) is 0. The molecule has 1 aromatic carbocycles. The molecular formula is C18H29NO3S. The number of methoxy groups -OCH3 is 1. The van der Waals surface area contributed by atoms with Crippen molar-refractivity contribution in [3.8, 4) is 5.75 Å². The molecular weight excluding hydrogens is 310 g/mol. The molecule has 0 saturated heterocycles. The molecule has 2 N–H and O–H groups in total. The molecule has 1 rings (SSSR count). The zero-order chi connectivity index (χ0) is 17.1. The molecule has 4 nitrogen and oxygen atoms in total. The first-order valence-electron chi connectivity index (χ1n) is 8.32. The molecule has 0 heterocycles. The van der Waals surface area contributed by atoms with Crippen molar-refractivity contribution in [2.24, 2.45) is 5.92 Å². The van der Waals surface area contributed by atoms with Crippen LogP contribution < -0.4 is 10.5 Å². The summed E-state index contributed by atoms with van der Waals surface area (Å²) in [5.41, 5.74) is 6.48. The fraction of sp³-hybridized carbons (Fsp3) is 0.611. The maximum absolute atomic E-state index is 11.8. The molecule has 0 aliphatic rings. The number of hydrogen-bond donors (Lipinski definition) is 1. The van der Waals surface area contributed by atoms with Crippen LogP contribution in [0.2, 0.25) is 0 Å². The second-order valence-corrected chi connectivity index (χ2v) is 6.77. The van der Waals surface area contributed by atoms with Crippen LogP contribution in [0.1, 0.15) is 46.0 Å². The second-order valence-electron chi connectivity index (χ2n) is 5.60. The number of esters is 1. The van der Waals surface area contributed by atoms with Gasteiger partial charge in [0, 0.05) is 10.6 Å². The van der Waals surface area contributed by atoms with E-state index in [2.05, 4.69) is 13.8 Å². The normalized spacial score (nSPS) is 12.0. The number of unbranched alkanes of at least 4 members (excludes halogenated alkanes) is 1. The molecule has 0 aliphatic heterocycles. The van der Waals surface area contributed by atoms with Crippen LogP contribution in [0.4, 0.5) is 5.69 Å². The summed E-state index contributed by atoms with van der Waals surface area (Å²) in [6.45, 7) is 4.88. The van der Waals surface area contributed by atoms with Gasteiger partial charge in [0.15, 0.2) is 0 Å². The van der Waals surface area contributed by atoms with Crippen molar-refractivity contribution in [1.29, 1.82) is 0 Å². The fourth-order valence-corrected chi connectivity index (χ4v) is 3.11. The standard InChI is InChI=1S/C18H29NO3S/c1-4-6-7-14(5-2)13-22-18(20)10-11-23-15-8-9-17(21-3)16(19)12-15/h8-9,12,14H,4-7,10-11,13,19H2,1-3H3. The maximum atomic E-state index is 11.8. The Balaban J connectivity index is 2.27. The number of hydrogen-bond acceptors (Lipinski definition) is 5. The van der Waals surface area contributed by atoms with E-state index in [1.54, 1.807) is 18.9 Å². The van der Waals surface area contributed by atoms with Gasteiger partial charge in [-0.25, -0.2) is 0 Å². The smallest absolute Gasteiger partial charge is 0.306 e. The molecule has 130 valence electrons. The molecule has 0 aliphatic carbocycles. The number of anilines is 1. The predicted molar refractivity (Wildman–Crippen MR) is 97.0 cm³/mol. The van der Waals surface area contributed by atoms with Gasteiger partial charge in [-0.2, -0.15) is 0 Å². The summed E-state index contributed by atoms with van der Waals surface area (Å²) in [6.07, 6.45) is 5.00. The van der Waals surface area contributed by atoms with Crippen LogP contribution in [0, 0.1) is 5.92 Å². The number of nitrogens with two attached hydrogens (primary N) is 1. The summed E-state index contributed by atoms with van der Waals surface area (Å²) < 4.78 is 10.5. The third-order valence-corrected chi connectivity index (χ3v) is 4.79. The van der Waals surface area contributed by atoms with Crippen LogP contribution in [-0.4, -0.2) is 25.4 Å². The molecule has 0 spiro atoms. The van der Waals surface area contributed by atoms with E-state index in [-0.39, 0.29) is 5.97 Å². The lowest BCUT2D eigenvalue weighted by molar-refractivity contribution is -0.144. The Bertz CT molecular complexity index is 479. The van der Waals surface area contributed by atoms with Crippen LogP contribution in [0.15, 0.2) is 23.1 Å². The minimum atomic E-state index is -0.117. The van der Waals surface area contributed by atoms with E-state index < -0.39 is 0 Å². The number of nitrogen functional groups attached to an aromatic ring is 1. The molecule has 1 atom stereocenters. The Morgan fingerprint density at radius 1 is 1.35 bits per heavy atom. The first kappa shape index (κ1) is 19.7. The van der Waals surface area contributed by atoms with Gasteiger partial charge in [0.05, 0.1) is 25.8 Å². The van der Waals surface area contributed by atoms with Crippen molar-refractivity contribution >= 4 is 23.4 Å². The minimum Gasteiger partial charge on any atom is -0.495 e. The lowest BCUT2D eigenvalue weighted by atomic mass is 10.0. The summed E-state index contributed by atoms with van der Waals surface area (Å²) in [6, 6.07) is 5.66. The van der Waals surface area contributed by atoms with Crippen molar-refractivity contribution in [2.45, 2.75) is 50.8 Å². The molecule has 0 radical (unpaired) electrons. The molecule has 23 heavy (non-hydrogen) atoms. The summed E-state index contributed by atoms with van der Waals surface area (Å²) in [4.78, 5) is 12.8. The van der Waals surface area contributed by atoms with Gasteiger partial charge in [0.25, 0.3) is 0 Å². The average molecular weight is 340 g/mol. The largest absolute Gasteiger partial charge is 0.495 e. The monoisotopic (exact) mass is 339 g/mol. The number of carbonyl (C=O) groups excluding carboxylic acids is 1. The Morgan fingerprint density at radius 3 is 2.74 bits per heavy atom. The van der Waals surface area contributed by atoms with Crippen LogP contribution in [0.25, 0.3) is 0 Å². The Hall–Kier alpha value is -1.36. The highest BCUT2D eigenvalue weighted by molar-refractivity contribution is 7.99. The highest BCUT2D eigenvalue weighted by Crippen LogP contribution is 2.28. The number of carbonyl (C=O) groups is 1. The maximum Gasteiger partial charge on any atom is 0.306 e. The van der Waals surface area contributed by atoms with Crippen molar-refractivity contribution < 1.29 is 14.3 Å². The number of benzene rings is 1. The van der Waals surface area contributed by atoms with Crippen molar-refractivity contribution in [2.75, 3.05) is 25.2 Å². The zero-order valence-electron chi connectivity index (χ0n) is 14.5. The van der Waals surface area contributed by atoms with E-state index in [0.717, 1.165) is 17.7 Å². The lowest BCUT2D eigenvalue weighted by Crippen LogP contribution is -2.14. The number of rotatable bonds is 11. The van der Waals surface area contributed by atoms with E-state index >= 15 is 0 Å². The third-order valence-electron chi connectivity index (χ3n) is 3.80. The van der Waals surface area contributed by atoms with Crippen molar-refractivity contribution in [1.82, 2.24) is 0 Å². The first-order chi connectivity index (χ1) is 11.1. The second kappa shape index (κ2) is 11.2. The molecule has 0 amide bonds. The van der Waals surface area contributed by atoms with E-state index in [0.29, 0.717) is 36.1 Å². The van der Waals surface area contributed by atoms with Gasteiger partial charge in [0.1, 0.15) is 5.75 Å². The first-order valence-corrected chi connectivity index (χ1v) is 9.31. The highest BCUT2D eigenvalue weighted by atomic mass is 32.2. The quantitative estimate of drug-likeness (QED) is 0.365. The van der Waals surface area contributed by atoms with Gasteiger partial charge in [-0.1, -0.05) is 33.1 Å². The SMILES string of the molecule is CCCCC(CC)COC(=O)CCSc1ccc(OC)c(N)c1. The molecule has 0 aromatic heterocycles. The van der Waals surface area contributed by atoms with E-state index in [4.69, 9.17) is 15.2 Å². The predicted octanol–water partition coefficient (Wildman–Crippen LogP) is 4.52. The minimum absolute atomic E-state index is 0.117. The molecule has 1 unspecified atom stereocenters. The van der Waals surface area contributed by atoms with Gasteiger partial charge >= 0.3 is 5.97 Å². The summed E-state index contributed by atoms with van der Waals surface area (Å²) in [5.74, 6) is 1.74. The van der Waals surface area contributed by atoms with E-state index in [1.165, 1.54) is 12.8 Å². The van der Waals surface area contributed by atoms with Gasteiger partial charge in [-0.05, 0) is 30.5 Å². The highest BCUT2D eigenvalue weighted by Gasteiger charge is 2.10. The van der Waals surface area contributed by atoms with Crippen molar-refractivity contribution in [3.05, 3.63) is 18.2 Å². The fourth-order valence-electron chi connectivity index (χ4n) is 2.24. The Morgan fingerprint density at radius 2 is 2.13 bits per heavy atom. The Kier molecular flexibility index (Phi) is 9.60. The van der Waals surface area contributed by atoms with Gasteiger partial charge in [-0.15, -0.1) is 11.8 Å². The molecule has 0 bridgehead atoms. The summed E-state index contributed by atoms with van der Waals surface area (Å²) >= 11 is 1.60.